The van der Waals surface area contributed by atoms with Crippen molar-refractivity contribution in [2.45, 2.75) is 12.6 Å². The summed E-state index contributed by atoms with van der Waals surface area (Å²) < 4.78 is 5.26. The molecule has 1 aliphatic heterocycles. The van der Waals surface area contributed by atoms with Gasteiger partial charge in [0, 0.05) is 10.4 Å². The molecule has 0 aliphatic carbocycles. The van der Waals surface area contributed by atoms with Gasteiger partial charge in [-0.1, -0.05) is 54.6 Å². The number of amides is 1. The van der Waals surface area contributed by atoms with Crippen molar-refractivity contribution in [2.24, 2.45) is 0 Å². The van der Waals surface area contributed by atoms with Crippen LogP contribution in [-0.2, 0) is 16.1 Å². The largest absolute Gasteiger partial charge is 0.507 e. The molecule has 5 rings (SSSR count). The van der Waals surface area contributed by atoms with Gasteiger partial charge >= 0.3 is 0 Å². The lowest BCUT2D eigenvalue weighted by Crippen LogP contribution is -2.28. The van der Waals surface area contributed by atoms with Gasteiger partial charge in [0.15, 0.2) is 0 Å². The molecule has 33 heavy (non-hydrogen) atoms. The molecule has 0 radical (unpaired) electrons. The van der Waals surface area contributed by atoms with Crippen LogP contribution in [-0.4, -0.2) is 28.8 Å². The molecule has 1 saturated heterocycles. The van der Waals surface area contributed by atoms with E-state index in [1.807, 2.05) is 66.0 Å². The van der Waals surface area contributed by atoms with Crippen LogP contribution in [0.5, 0.6) is 5.75 Å². The van der Waals surface area contributed by atoms with Gasteiger partial charge in [0.1, 0.15) is 11.5 Å². The van der Waals surface area contributed by atoms with Crippen molar-refractivity contribution in [2.75, 3.05) is 7.11 Å². The first-order chi connectivity index (χ1) is 16.1. The van der Waals surface area contributed by atoms with Crippen LogP contribution in [0.1, 0.15) is 22.0 Å². The molecule has 1 amide bonds. The van der Waals surface area contributed by atoms with Crippen LogP contribution in [0.2, 0.25) is 0 Å². The lowest BCUT2D eigenvalue weighted by Gasteiger charge is -2.25. The second kappa shape index (κ2) is 8.56. The first kappa shape index (κ1) is 21.0. The maximum absolute atomic E-state index is 13.2. The topological polar surface area (TPSA) is 66.8 Å². The third-order valence-electron chi connectivity index (χ3n) is 5.90. The third-order valence-corrected chi connectivity index (χ3v) is 6.76. The SMILES string of the molecule is COc1ccc(C2/C(=C(/O)c3ccc4ccccc4c3)C(=O)C(=O)N2Cc2cccs2)cc1. The number of benzene rings is 3. The van der Waals surface area contributed by atoms with Crippen LogP contribution in [0.3, 0.4) is 0 Å². The van der Waals surface area contributed by atoms with E-state index in [2.05, 4.69) is 0 Å². The summed E-state index contributed by atoms with van der Waals surface area (Å²) in [6, 6.07) is 23.7. The number of thiophene rings is 1. The Hall–Kier alpha value is -3.90. The van der Waals surface area contributed by atoms with Crippen molar-refractivity contribution < 1.29 is 19.4 Å². The average molecular weight is 456 g/mol. The molecular formula is C27H21NO4S. The van der Waals surface area contributed by atoms with Gasteiger partial charge in [-0.2, -0.15) is 0 Å². The fraction of sp³-hybridized carbons (Fsp3) is 0.111. The molecule has 0 bridgehead atoms. The predicted octanol–water partition coefficient (Wildman–Crippen LogP) is 5.53. The Morgan fingerprint density at radius 1 is 0.970 bits per heavy atom. The minimum atomic E-state index is -0.704. The molecule has 1 N–H and O–H groups in total. The Morgan fingerprint density at radius 3 is 2.42 bits per heavy atom. The Morgan fingerprint density at radius 2 is 1.73 bits per heavy atom. The highest BCUT2D eigenvalue weighted by atomic mass is 32.1. The van der Waals surface area contributed by atoms with Crippen LogP contribution < -0.4 is 4.74 Å². The first-order valence-electron chi connectivity index (χ1n) is 10.5. The molecule has 164 valence electrons. The summed E-state index contributed by atoms with van der Waals surface area (Å²) >= 11 is 1.52. The van der Waals surface area contributed by atoms with E-state index in [1.165, 1.54) is 16.2 Å². The van der Waals surface area contributed by atoms with Gasteiger partial charge in [-0.15, -0.1) is 11.3 Å². The van der Waals surface area contributed by atoms with Crippen molar-refractivity contribution in [3.63, 3.8) is 0 Å². The molecule has 1 aliphatic rings. The van der Waals surface area contributed by atoms with E-state index < -0.39 is 17.7 Å². The fourth-order valence-electron chi connectivity index (χ4n) is 4.24. The summed E-state index contributed by atoms with van der Waals surface area (Å²) in [5.41, 5.74) is 1.33. The molecule has 1 aromatic heterocycles. The lowest BCUT2D eigenvalue weighted by molar-refractivity contribution is -0.140. The summed E-state index contributed by atoms with van der Waals surface area (Å²) in [4.78, 5) is 28.8. The van der Waals surface area contributed by atoms with Gasteiger partial charge in [0.25, 0.3) is 11.7 Å². The molecule has 1 atom stereocenters. The number of carbonyl (C=O) groups is 2. The molecule has 4 aromatic rings. The van der Waals surface area contributed by atoms with E-state index in [1.54, 1.807) is 25.3 Å². The number of aliphatic hydroxyl groups is 1. The van der Waals surface area contributed by atoms with Crippen molar-refractivity contribution >= 4 is 39.6 Å². The molecule has 5 nitrogen and oxygen atoms in total. The lowest BCUT2D eigenvalue weighted by atomic mass is 9.94. The summed E-state index contributed by atoms with van der Waals surface area (Å²) in [7, 11) is 1.58. The van der Waals surface area contributed by atoms with Crippen molar-refractivity contribution in [3.05, 3.63) is 106 Å². The number of Topliss-reactive ketones (excluding diaryl/α,β-unsaturated/α-hetero) is 1. The highest BCUT2D eigenvalue weighted by Gasteiger charge is 2.46. The second-order valence-corrected chi connectivity index (χ2v) is 8.87. The van der Waals surface area contributed by atoms with E-state index in [4.69, 9.17) is 4.74 Å². The number of carbonyl (C=O) groups excluding carboxylic acids is 2. The van der Waals surface area contributed by atoms with Crippen LogP contribution in [0.15, 0.2) is 89.8 Å². The predicted molar refractivity (Wildman–Crippen MR) is 129 cm³/mol. The summed E-state index contributed by atoms with van der Waals surface area (Å²) in [5.74, 6) is -0.804. The number of aliphatic hydroxyl groups excluding tert-OH is 1. The zero-order chi connectivity index (χ0) is 22.9. The van der Waals surface area contributed by atoms with Crippen molar-refractivity contribution in [1.29, 1.82) is 0 Å². The molecule has 0 spiro atoms. The zero-order valence-electron chi connectivity index (χ0n) is 17.9. The van der Waals surface area contributed by atoms with E-state index in [-0.39, 0.29) is 17.9 Å². The first-order valence-corrected chi connectivity index (χ1v) is 11.4. The molecule has 1 fully saturated rings. The summed E-state index contributed by atoms with van der Waals surface area (Å²) in [6.07, 6.45) is 0. The normalized spacial score (nSPS) is 17.6. The molecular weight excluding hydrogens is 434 g/mol. The number of methoxy groups -OCH3 is 1. The molecule has 2 heterocycles. The number of nitrogens with zero attached hydrogens (tertiary/aromatic N) is 1. The number of ether oxygens (including phenoxy) is 1. The van der Waals surface area contributed by atoms with Crippen molar-refractivity contribution in [3.8, 4) is 5.75 Å². The Labute approximate surface area is 195 Å². The van der Waals surface area contributed by atoms with Gasteiger partial charge in [-0.05, 0) is 46.0 Å². The Kier molecular flexibility index (Phi) is 5.44. The zero-order valence-corrected chi connectivity index (χ0v) is 18.7. The maximum atomic E-state index is 13.2. The molecule has 3 aromatic carbocycles. The number of rotatable bonds is 5. The summed E-state index contributed by atoms with van der Waals surface area (Å²) in [6.45, 7) is 0.285. The van der Waals surface area contributed by atoms with E-state index in [0.29, 0.717) is 11.3 Å². The van der Waals surface area contributed by atoms with E-state index in [0.717, 1.165) is 21.2 Å². The van der Waals surface area contributed by atoms with Crippen LogP contribution in [0.4, 0.5) is 0 Å². The van der Waals surface area contributed by atoms with Gasteiger partial charge < -0.3 is 14.7 Å². The maximum Gasteiger partial charge on any atom is 0.295 e. The number of likely N-dealkylation sites (tertiary alicyclic amines) is 1. The molecule has 0 saturated carbocycles. The van der Waals surface area contributed by atoms with Crippen LogP contribution >= 0.6 is 11.3 Å². The Balaban J connectivity index is 1.66. The fourth-order valence-corrected chi connectivity index (χ4v) is 4.94. The second-order valence-electron chi connectivity index (χ2n) is 7.84. The quantitative estimate of drug-likeness (QED) is 0.244. The third kappa shape index (κ3) is 3.79. The minimum absolute atomic E-state index is 0.0944. The highest BCUT2D eigenvalue weighted by Crippen LogP contribution is 2.41. The number of fused-ring (bicyclic) bond motifs is 1. The standard InChI is InChI=1S/C27H21NO4S/c1-32-21-12-10-18(11-13-21)24-23(26(30)27(31)28(24)16-22-7-4-14-33-22)25(29)20-9-8-17-5-2-3-6-19(17)15-20/h2-15,24,29H,16H2,1H3/b25-23-. The Bertz CT molecular complexity index is 1370. The van der Waals surface area contributed by atoms with Gasteiger partial charge in [-0.3, -0.25) is 9.59 Å². The van der Waals surface area contributed by atoms with Crippen LogP contribution in [0.25, 0.3) is 16.5 Å². The van der Waals surface area contributed by atoms with Crippen LogP contribution in [0, 0.1) is 0 Å². The number of hydrogen-bond acceptors (Lipinski definition) is 5. The minimum Gasteiger partial charge on any atom is -0.507 e. The molecule has 6 heteroatoms. The molecule has 1 unspecified atom stereocenters. The van der Waals surface area contributed by atoms with E-state index >= 15 is 0 Å². The van der Waals surface area contributed by atoms with E-state index in [9.17, 15) is 14.7 Å². The summed E-state index contributed by atoms with van der Waals surface area (Å²) in [5, 5.41) is 15.2. The van der Waals surface area contributed by atoms with Gasteiger partial charge in [-0.25, -0.2) is 0 Å². The van der Waals surface area contributed by atoms with Crippen molar-refractivity contribution in [1.82, 2.24) is 4.90 Å². The number of hydrogen-bond donors (Lipinski definition) is 1. The number of ketones is 1. The smallest absolute Gasteiger partial charge is 0.295 e. The highest BCUT2D eigenvalue weighted by molar-refractivity contribution is 7.09. The monoisotopic (exact) mass is 455 g/mol. The van der Waals surface area contributed by atoms with Gasteiger partial charge in [0.05, 0.1) is 25.3 Å². The average Bonchev–Trinajstić information content (AvgIpc) is 3.46. The van der Waals surface area contributed by atoms with Gasteiger partial charge in [0.2, 0.25) is 0 Å².